The molecule has 62 valence electrons. The smallest absolute Gasteiger partial charge is 0.123 e. The number of phenols is 1. The first-order chi connectivity index (χ1) is 5.70. The van der Waals surface area contributed by atoms with Crippen LogP contribution >= 0.6 is 0 Å². The van der Waals surface area contributed by atoms with Crippen molar-refractivity contribution in [3.8, 4) is 5.75 Å². The number of aromatic hydroxyl groups is 1. The number of hydrogen-bond acceptors (Lipinski definition) is 1. The molecular weight excluding hydrogens is 148 g/mol. The zero-order chi connectivity index (χ0) is 8.72. The van der Waals surface area contributed by atoms with E-state index in [0.717, 1.165) is 12.0 Å². The number of hydrogen-bond donors (Lipinski definition) is 1. The van der Waals surface area contributed by atoms with Gasteiger partial charge in [-0.15, -0.1) is 0 Å². The zero-order valence-corrected chi connectivity index (χ0v) is 7.39. The first kappa shape index (κ1) is 7.41. The average molecular weight is 160 g/mol. The fourth-order valence-electron chi connectivity index (χ4n) is 1.80. The average Bonchev–Trinajstić information content (AvgIpc) is 2.29. The maximum atomic E-state index is 9.59. The van der Waals surface area contributed by atoms with Crippen LogP contribution in [0.3, 0.4) is 0 Å². The number of benzene rings is 1. The van der Waals surface area contributed by atoms with E-state index in [-0.39, 0.29) is 0 Å². The van der Waals surface area contributed by atoms with E-state index in [0.29, 0.717) is 5.75 Å². The summed E-state index contributed by atoms with van der Waals surface area (Å²) in [6.07, 6.45) is 0.996. The number of rotatable bonds is 0. The van der Waals surface area contributed by atoms with E-state index >= 15 is 0 Å². The van der Waals surface area contributed by atoms with Crippen LogP contribution in [0.1, 0.15) is 25.0 Å². The molecule has 0 heterocycles. The summed E-state index contributed by atoms with van der Waals surface area (Å²) in [6.45, 7) is 4.19. The minimum atomic E-state index is 0.418. The maximum absolute atomic E-state index is 9.59. The molecule has 0 aromatic heterocycles. The normalized spacial score (nSPS) is 15.2. The molecule has 0 saturated carbocycles. The summed E-state index contributed by atoms with van der Waals surface area (Å²) in [6, 6.07) is 5.73. The predicted molar refractivity (Wildman–Crippen MR) is 50.1 cm³/mol. The molecule has 1 aliphatic carbocycles. The topological polar surface area (TPSA) is 20.2 Å². The molecule has 0 aliphatic heterocycles. The molecule has 0 spiro atoms. The molecule has 0 radical (unpaired) electrons. The fourth-order valence-corrected chi connectivity index (χ4v) is 1.80. The van der Waals surface area contributed by atoms with Crippen LogP contribution in [0.25, 0.3) is 5.57 Å². The van der Waals surface area contributed by atoms with Gasteiger partial charge in [-0.3, -0.25) is 0 Å². The lowest BCUT2D eigenvalue weighted by Gasteiger charge is -2.02. The Morgan fingerprint density at radius 1 is 1.25 bits per heavy atom. The minimum Gasteiger partial charge on any atom is -0.507 e. The Hall–Kier alpha value is -1.24. The van der Waals surface area contributed by atoms with E-state index in [1.54, 1.807) is 6.07 Å². The van der Waals surface area contributed by atoms with Crippen molar-refractivity contribution in [2.45, 2.75) is 20.3 Å². The maximum Gasteiger partial charge on any atom is 0.123 e. The van der Waals surface area contributed by atoms with Gasteiger partial charge in [0.2, 0.25) is 0 Å². The van der Waals surface area contributed by atoms with Crippen LogP contribution in [0.4, 0.5) is 0 Å². The predicted octanol–water partition coefficient (Wildman–Crippen LogP) is 2.74. The third-order valence-electron chi connectivity index (χ3n) is 2.60. The van der Waals surface area contributed by atoms with E-state index in [1.807, 2.05) is 6.07 Å². The molecular formula is C11H12O. The highest BCUT2D eigenvalue weighted by atomic mass is 16.3. The first-order valence-corrected chi connectivity index (χ1v) is 4.17. The van der Waals surface area contributed by atoms with Gasteiger partial charge in [-0.25, -0.2) is 0 Å². The number of phenolic OH excluding ortho intramolecular Hbond substituents is 1. The Morgan fingerprint density at radius 3 is 2.67 bits per heavy atom. The van der Waals surface area contributed by atoms with Crippen molar-refractivity contribution in [2.24, 2.45) is 0 Å². The summed E-state index contributed by atoms with van der Waals surface area (Å²) in [7, 11) is 0. The third kappa shape index (κ3) is 0.860. The van der Waals surface area contributed by atoms with Crippen LogP contribution in [0.2, 0.25) is 0 Å². The van der Waals surface area contributed by atoms with Gasteiger partial charge in [0.05, 0.1) is 0 Å². The lowest BCUT2D eigenvalue weighted by molar-refractivity contribution is 0.473. The fraction of sp³-hybridized carbons (Fsp3) is 0.273. The molecule has 1 aromatic carbocycles. The number of allylic oxidation sites excluding steroid dienone is 2. The van der Waals surface area contributed by atoms with Crippen LogP contribution in [0, 0.1) is 0 Å². The van der Waals surface area contributed by atoms with Crippen LogP contribution in [0.5, 0.6) is 5.75 Å². The molecule has 1 N–H and O–H groups in total. The standard InChI is InChI=1S/C11H12O/c1-7-6-9-4-3-5-10(12)11(9)8(7)2/h3-5,12H,6H2,1-2H3. The third-order valence-corrected chi connectivity index (χ3v) is 2.60. The molecule has 0 saturated heterocycles. The Balaban J connectivity index is 2.67. The summed E-state index contributed by atoms with van der Waals surface area (Å²) < 4.78 is 0. The van der Waals surface area contributed by atoms with E-state index in [4.69, 9.17) is 0 Å². The SMILES string of the molecule is CC1=C(C)c2c(O)cccc2C1. The molecule has 1 aromatic rings. The first-order valence-electron chi connectivity index (χ1n) is 4.17. The molecule has 0 fully saturated rings. The highest BCUT2D eigenvalue weighted by Gasteiger charge is 2.17. The minimum absolute atomic E-state index is 0.418. The van der Waals surface area contributed by atoms with Crippen LogP contribution in [0.15, 0.2) is 23.8 Å². The Morgan fingerprint density at radius 2 is 2.00 bits per heavy atom. The van der Waals surface area contributed by atoms with Crippen LogP contribution in [-0.2, 0) is 6.42 Å². The molecule has 1 heteroatoms. The van der Waals surface area contributed by atoms with Gasteiger partial charge in [0, 0.05) is 5.56 Å². The van der Waals surface area contributed by atoms with Gasteiger partial charge in [0.15, 0.2) is 0 Å². The van der Waals surface area contributed by atoms with Crippen LogP contribution in [-0.4, -0.2) is 5.11 Å². The quantitative estimate of drug-likeness (QED) is 0.618. The van der Waals surface area contributed by atoms with Gasteiger partial charge in [0.1, 0.15) is 5.75 Å². The molecule has 1 aliphatic rings. The van der Waals surface area contributed by atoms with Crippen molar-refractivity contribution in [3.05, 3.63) is 34.9 Å². The van der Waals surface area contributed by atoms with E-state index in [9.17, 15) is 5.11 Å². The summed E-state index contributed by atoms with van der Waals surface area (Å²) in [5.41, 5.74) is 4.91. The van der Waals surface area contributed by atoms with Crippen molar-refractivity contribution in [2.75, 3.05) is 0 Å². The van der Waals surface area contributed by atoms with Crippen LogP contribution < -0.4 is 0 Å². The van der Waals surface area contributed by atoms with E-state index in [2.05, 4.69) is 19.9 Å². The summed E-state index contributed by atoms with van der Waals surface area (Å²) in [5.74, 6) is 0.418. The molecule has 1 nitrogen and oxygen atoms in total. The van der Waals surface area contributed by atoms with Gasteiger partial charge in [-0.2, -0.15) is 0 Å². The van der Waals surface area contributed by atoms with Gasteiger partial charge in [0.25, 0.3) is 0 Å². The second-order valence-corrected chi connectivity index (χ2v) is 3.39. The molecule has 2 rings (SSSR count). The van der Waals surface area contributed by atoms with Crippen molar-refractivity contribution in [1.82, 2.24) is 0 Å². The highest BCUT2D eigenvalue weighted by molar-refractivity contribution is 5.78. The molecule has 0 bridgehead atoms. The van der Waals surface area contributed by atoms with Crippen molar-refractivity contribution >= 4 is 5.57 Å². The van der Waals surface area contributed by atoms with Gasteiger partial charge >= 0.3 is 0 Å². The second kappa shape index (κ2) is 2.37. The summed E-state index contributed by atoms with van der Waals surface area (Å²) in [5, 5.41) is 9.59. The molecule has 0 atom stereocenters. The van der Waals surface area contributed by atoms with Crippen molar-refractivity contribution in [1.29, 1.82) is 0 Å². The van der Waals surface area contributed by atoms with Crippen molar-refractivity contribution < 1.29 is 5.11 Å². The number of fused-ring (bicyclic) bond motifs is 1. The monoisotopic (exact) mass is 160 g/mol. The Labute approximate surface area is 72.4 Å². The molecule has 12 heavy (non-hydrogen) atoms. The molecule has 0 amide bonds. The lowest BCUT2D eigenvalue weighted by Crippen LogP contribution is -1.82. The summed E-state index contributed by atoms with van der Waals surface area (Å²) >= 11 is 0. The Bertz CT molecular complexity index is 361. The summed E-state index contributed by atoms with van der Waals surface area (Å²) in [4.78, 5) is 0. The van der Waals surface area contributed by atoms with Gasteiger partial charge < -0.3 is 5.11 Å². The zero-order valence-electron chi connectivity index (χ0n) is 7.39. The second-order valence-electron chi connectivity index (χ2n) is 3.39. The van der Waals surface area contributed by atoms with E-state index < -0.39 is 0 Å². The largest absolute Gasteiger partial charge is 0.507 e. The molecule has 0 unspecified atom stereocenters. The highest BCUT2D eigenvalue weighted by Crippen LogP contribution is 2.37. The van der Waals surface area contributed by atoms with Gasteiger partial charge in [-0.05, 0) is 37.5 Å². The van der Waals surface area contributed by atoms with Gasteiger partial charge in [-0.1, -0.05) is 17.7 Å². The van der Waals surface area contributed by atoms with E-state index in [1.165, 1.54) is 16.7 Å². The Kier molecular flexibility index (Phi) is 1.47. The van der Waals surface area contributed by atoms with Crippen molar-refractivity contribution in [3.63, 3.8) is 0 Å². The lowest BCUT2D eigenvalue weighted by atomic mass is 10.1.